The van der Waals surface area contributed by atoms with Crippen molar-refractivity contribution in [1.29, 1.82) is 0 Å². The molecule has 178 valence electrons. The second kappa shape index (κ2) is 10.6. The highest BCUT2D eigenvalue weighted by molar-refractivity contribution is 7.18. The Labute approximate surface area is 203 Å². The molecule has 10 heteroatoms. The molecule has 34 heavy (non-hydrogen) atoms. The van der Waals surface area contributed by atoms with E-state index in [9.17, 15) is 9.59 Å². The SMILES string of the molecule is CNC(=O)CC1CC(C(=O)NC)CCN1c1ncc(-c2cccc(Nc3cc(C)ccn3)n2)s1. The molecular formula is C24H29N7O2S. The Morgan fingerprint density at radius 2 is 2.00 bits per heavy atom. The fourth-order valence-corrected chi connectivity index (χ4v) is 5.13. The van der Waals surface area contributed by atoms with Crippen molar-refractivity contribution < 1.29 is 9.59 Å². The second-order valence-corrected chi connectivity index (χ2v) is 9.33. The third-order valence-electron chi connectivity index (χ3n) is 5.95. The summed E-state index contributed by atoms with van der Waals surface area (Å²) >= 11 is 1.54. The average Bonchev–Trinajstić information content (AvgIpc) is 3.34. The molecule has 0 aliphatic carbocycles. The van der Waals surface area contributed by atoms with Crippen LogP contribution in [0.2, 0.25) is 0 Å². The van der Waals surface area contributed by atoms with Crippen LogP contribution < -0.4 is 20.9 Å². The fraction of sp³-hybridized carbons (Fsp3) is 0.375. The molecule has 0 radical (unpaired) electrons. The van der Waals surface area contributed by atoms with Crippen molar-refractivity contribution in [3.63, 3.8) is 0 Å². The van der Waals surface area contributed by atoms with Crippen LogP contribution in [0.3, 0.4) is 0 Å². The van der Waals surface area contributed by atoms with Crippen LogP contribution in [-0.2, 0) is 9.59 Å². The highest BCUT2D eigenvalue weighted by Gasteiger charge is 2.34. The highest BCUT2D eigenvalue weighted by Crippen LogP contribution is 2.36. The van der Waals surface area contributed by atoms with Gasteiger partial charge in [-0.15, -0.1) is 0 Å². The quantitative estimate of drug-likeness (QED) is 0.477. The van der Waals surface area contributed by atoms with Crippen molar-refractivity contribution >= 4 is 39.9 Å². The number of pyridine rings is 2. The van der Waals surface area contributed by atoms with Crippen LogP contribution in [0.4, 0.5) is 16.8 Å². The van der Waals surface area contributed by atoms with Gasteiger partial charge < -0.3 is 20.9 Å². The lowest BCUT2D eigenvalue weighted by atomic mass is 9.88. The number of piperidine rings is 1. The zero-order chi connectivity index (χ0) is 24.1. The van der Waals surface area contributed by atoms with Crippen LogP contribution in [0.15, 0.2) is 42.7 Å². The zero-order valence-electron chi connectivity index (χ0n) is 19.5. The lowest BCUT2D eigenvalue weighted by Gasteiger charge is -2.38. The summed E-state index contributed by atoms with van der Waals surface area (Å²) in [6.45, 7) is 2.69. The van der Waals surface area contributed by atoms with Gasteiger partial charge in [0.15, 0.2) is 5.13 Å². The molecule has 0 bridgehead atoms. The summed E-state index contributed by atoms with van der Waals surface area (Å²) in [4.78, 5) is 41.2. The molecule has 0 spiro atoms. The Balaban J connectivity index is 1.53. The van der Waals surface area contributed by atoms with Gasteiger partial charge in [-0.3, -0.25) is 9.59 Å². The Morgan fingerprint density at radius 1 is 1.15 bits per heavy atom. The minimum absolute atomic E-state index is 0.0259. The maximum absolute atomic E-state index is 12.2. The van der Waals surface area contributed by atoms with Gasteiger partial charge in [0.05, 0.1) is 10.6 Å². The van der Waals surface area contributed by atoms with E-state index in [0.717, 1.165) is 33.5 Å². The average molecular weight is 480 g/mol. The summed E-state index contributed by atoms with van der Waals surface area (Å²) in [7, 11) is 3.28. The summed E-state index contributed by atoms with van der Waals surface area (Å²) in [6, 6.07) is 9.62. The van der Waals surface area contributed by atoms with Crippen LogP contribution in [0.1, 0.15) is 24.8 Å². The van der Waals surface area contributed by atoms with Gasteiger partial charge in [0, 0.05) is 51.4 Å². The molecule has 1 aliphatic heterocycles. The first-order valence-electron chi connectivity index (χ1n) is 11.3. The van der Waals surface area contributed by atoms with Crippen LogP contribution in [0.5, 0.6) is 0 Å². The van der Waals surface area contributed by atoms with E-state index in [1.165, 1.54) is 0 Å². The predicted octanol–water partition coefficient (Wildman–Crippen LogP) is 3.12. The van der Waals surface area contributed by atoms with E-state index in [2.05, 4.69) is 30.8 Å². The number of hydrogen-bond donors (Lipinski definition) is 3. The van der Waals surface area contributed by atoms with Gasteiger partial charge in [-0.25, -0.2) is 15.0 Å². The Bertz CT molecular complexity index is 1170. The van der Waals surface area contributed by atoms with Crippen molar-refractivity contribution in [2.24, 2.45) is 5.92 Å². The third kappa shape index (κ3) is 5.51. The summed E-state index contributed by atoms with van der Waals surface area (Å²) in [5, 5.41) is 9.52. The molecule has 2 unspecified atom stereocenters. The maximum atomic E-state index is 12.2. The topological polar surface area (TPSA) is 112 Å². The molecule has 3 aromatic rings. The fourth-order valence-electron chi connectivity index (χ4n) is 4.15. The molecule has 1 aliphatic rings. The molecule has 0 aromatic carbocycles. The molecule has 9 nitrogen and oxygen atoms in total. The highest BCUT2D eigenvalue weighted by atomic mass is 32.1. The molecule has 3 aromatic heterocycles. The monoisotopic (exact) mass is 479 g/mol. The van der Waals surface area contributed by atoms with E-state index in [1.54, 1.807) is 31.6 Å². The number of aromatic nitrogens is 3. The summed E-state index contributed by atoms with van der Waals surface area (Å²) < 4.78 is 0. The number of nitrogens with one attached hydrogen (secondary N) is 3. The van der Waals surface area contributed by atoms with Gasteiger partial charge in [0.25, 0.3) is 0 Å². The summed E-state index contributed by atoms with van der Waals surface area (Å²) in [5.74, 6) is 1.32. The molecule has 1 saturated heterocycles. The van der Waals surface area contributed by atoms with E-state index in [-0.39, 0.29) is 23.8 Å². The van der Waals surface area contributed by atoms with Crippen molar-refractivity contribution in [2.75, 3.05) is 30.9 Å². The van der Waals surface area contributed by atoms with Crippen molar-refractivity contribution in [1.82, 2.24) is 25.6 Å². The van der Waals surface area contributed by atoms with Crippen LogP contribution in [0, 0.1) is 12.8 Å². The number of hydrogen-bond acceptors (Lipinski definition) is 8. The van der Waals surface area contributed by atoms with Crippen molar-refractivity contribution in [3.05, 3.63) is 48.3 Å². The predicted molar refractivity (Wildman–Crippen MR) is 134 cm³/mol. The van der Waals surface area contributed by atoms with E-state index in [1.807, 2.05) is 43.5 Å². The number of anilines is 3. The van der Waals surface area contributed by atoms with Gasteiger partial charge >= 0.3 is 0 Å². The number of carbonyl (C=O) groups excluding carboxylic acids is 2. The van der Waals surface area contributed by atoms with E-state index in [0.29, 0.717) is 25.2 Å². The smallest absolute Gasteiger partial charge is 0.222 e. The van der Waals surface area contributed by atoms with Gasteiger partial charge in [0.2, 0.25) is 11.8 Å². The number of amides is 2. The van der Waals surface area contributed by atoms with E-state index in [4.69, 9.17) is 4.98 Å². The molecule has 2 atom stereocenters. The minimum atomic E-state index is -0.102. The second-order valence-electron chi connectivity index (χ2n) is 8.32. The number of rotatable bonds is 7. The number of nitrogens with zero attached hydrogens (tertiary/aromatic N) is 4. The maximum Gasteiger partial charge on any atom is 0.222 e. The van der Waals surface area contributed by atoms with E-state index >= 15 is 0 Å². The lowest BCUT2D eigenvalue weighted by Crippen LogP contribution is -2.48. The number of carbonyl (C=O) groups is 2. The summed E-state index contributed by atoms with van der Waals surface area (Å²) in [6.07, 6.45) is 5.24. The Hall–Kier alpha value is -3.53. The Morgan fingerprint density at radius 3 is 2.76 bits per heavy atom. The standard InChI is InChI=1S/C24H29N7O2S/c1-15-7-9-27-21(11-15)30-20-6-4-5-18(29-20)19-14-28-24(34-19)31-10-8-16(23(33)26-3)12-17(31)13-22(32)25-2/h4-7,9,11,14,16-17H,8,10,12-13H2,1-3H3,(H,25,32)(H,26,33)(H,27,29,30). The third-order valence-corrected chi connectivity index (χ3v) is 7.00. The zero-order valence-corrected chi connectivity index (χ0v) is 20.4. The molecule has 4 heterocycles. The van der Waals surface area contributed by atoms with E-state index < -0.39 is 0 Å². The first-order chi connectivity index (χ1) is 16.5. The molecular weight excluding hydrogens is 450 g/mol. The summed E-state index contributed by atoms with van der Waals surface area (Å²) in [5.41, 5.74) is 1.93. The van der Waals surface area contributed by atoms with Crippen molar-refractivity contribution in [2.45, 2.75) is 32.2 Å². The van der Waals surface area contributed by atoms with Crippen LogP contribution in [0.25, 0.3) is 10.6 Å². The number of thiazole rings is 1. The van der Waals surface area contributed by atoms with Gasteiger partial charge in [-0.2, -0.15) is 0 Å². The molecule has 4 rings (SSSR count). The largest absolute Gasteiger partial charge is 0.359 e. The molecule has 3 N–H and O–H groups in total. The molecule has 0 saturated carbocycles. The number of aryl methyl sites for hydroxylation is 1. The van der Waals surface area contributed by atoms with Gasteiger partial charge in [0.1, 0.15) is 11.6 Å². The van der Waals surface area contributed by atoms with Crippen molar-refractivity contribution in [3.8, 4) is 10.6 Å². The molecule has 1 fully saturated rings. The van der Waals surface area contributed by atoms with Gasteiger partial charge in [-0.05, 0) is 49.6 Å². The first kappa shape index (κ1) is 23.6. The minimum Gasteiger partial charge on any atom is -0.359 e. The lowest BCUT2D eigenvalue weighted by molar-refractivity contribution is -0.126. The van der Waals surface area contributed by atoms with Gasteiger partial charge in [-0.1, -0.05) is 17.4 Å². The normalized spacial score (nSPS) is 17.8. The Kier molecular flexibility index (Phi) is 7.36. The molecule has 2 amide bonds. The van der Waals surface area contributed by atoms with Crippen LogP contribution >= 0.6 is 11.3 Å². The first-order valence-corrected chi connectivity index (χ1v) is 12.1. The van der Waals surface area contributed by atoms with Crippen LogP contribution in [-0.4, -0.2) is 53.4 Å².